The summed E-state index contributed by atoms with van der Waals surface area (Å²) in [5.41, 5.74) is 0.148. The Morgan fingerprint density at radius 2 is 1.79 bits per heavy atom. The lowest BCUT2D eigenvalue weighted by atomic mass is 10.2. The second-order valence-electron chi connectivity index (χ2n) is 3.87. The highest BCUT2D eigenvalue weighted by molar-refractivity contribution is 5.69. The van der Waals surface area contributed by atoms with Gasteiger partial charge in [0, 0.05) is 6.07 Å². The average molecular weight is 260 g/mol. The highest BCUT2D eigenvalue weighted by Crippen LogP contribution is 2.18. The predicted molar refractivity (Wildman–Crippen MR) is 69.6 cm³/mol. The Morgan fingerprint density at radius 3 is 2.42 bits per heavy atom. The molecule has 3 N–H and O–H groups in total. The van der Waals surface area contributed by atoms with Crippen molar-refractivity contribution in [3.63, 3.8) is 0 Å². The molecule has 0 saturated carbocycles. The Balaban J connectivity index is 2.35. The molecule has 2 aromatic rings. The minimum absolute atomic E-state index is 0.0235. The molecule has 5 nitrogen and oxygen atoms in total. The van der Waals surface area contributed by atoms with Crippen LogP contribution in [-0.4, -0.2) is 15.3 Å². The number of aliphatic hydroxyl groups is 1. The van der Waals surface area contributed by atoms with Gasteiger partial charge in [0.2, 0.25) is 11.2 Å². The third-order valence-corrected chi connectivity index (χ3v) is 2.48. The van der Waals surface area contributed by atoms with Crippen LogP contribution in [0.2, 0.25) is 0 Å². The topological polar surface area (TPSA) is 90.9 Å². The van der Waals surface area contributed by atoms with Crippen molar-refractivity contribution in [3.8, 4) is 11.5 Å². The van der Waals surface area contributed by atoms with Crippen molar-refractivity contribution in [2.45, 2.75) is 6.61 Å². The van der Waals surface area contributed by atoms with Gasteiger partial charge in [0.25, 0.3) is 0 Å². The molecule has 5 heteroatoms. The van der Waals surface area contributed by atoms with E-state index < -0.39 is 17.8 Å². The van der Waals surface area contributed by atoms with Crippen LogP contribution in [0.25, 0.3) is 12.2 Å². The molecule has 98 valence electrons. The Bertz CT molecular complexity index is 653. The van der Waals surface area contributed by atoms with Gasteiger partial charge in [-0.2, -0.15) is 0 Å². The number of rotatable bonds is 3. The van der Waals surface area contributed by atoms with Gasteiger partial charge in [-0.05, 0) is 23.8 Å². The van der Waals surface area contributed by atoms with Crippen LogP contribution in [-0.2, 0) is 6.61 Å². The minimum Gasteiger partial charge on any atom is -0.508 e. The summed E-state index contributed by atoms with van der Waals surface area (Å²) in [6, 6.07) is 7.39. The van der Waals surface area contributed by atoms with Gasteiger partial charge in [-0.15, -0.1) is 0 Å². The molecule has 0 saturated heterocycles. The van der Waals surface area contributed by atoms with Crippen LogP contribution in [0.15, 0.2) is 39.5 Å². The van der Waals surface area contributed by atoms with Gasteiger partial charge in [-0.1, -0.05) is 18.2 Å². The van der Waals surface area contributed by atoms with E-state index in [1.807, 2.05) is 0 Å². The summed E-state index contributed by atoms with van der Waals surface area (Å²) in [5.74, 6) is -0.307. The van der Waals surface area contributed by atoms with Crippen molar-refractivity contribution < 1.29 is 19.7 Å². The number of aliphatic hydroxyl groups excluding tert-OH is 1. The van der Waals surface area contributed by atoms with Crippen molar-refractivity contribution in [3.05, 3.63) is 57.6 Å². The zero-order chi connectivity index (χ0) is 13.8. The molecule has 0 unspecified atom stereocenters. The quantitative estimate of drug-likeness (QED) is 0.781. The van der Waals surface area contributed by atoms with E-state index in [4.69, 9.17) is 14.6 Å². The summed E-state index contributed by atoms with van der Waals surface area (Å²) in [4.78, 5) is 11.4. The van der Waals surface area contributed by atoms with Gasteiger partial charge in [0.15, 0.2) is 5.76 Å². The first kappa shape index (κ1) is 12.9. The molecule has 0 fully saturated rings. The maximum absolute atomic E-state index is 11.4. The van der Waals surface area contributed by atoms with E-state index in [-0.39, 0.29) is 17.3 Å². The van der Waals surface area contributed by atoms with Crippen LogP contribution in [0.1, 0.15) is 17.1 Å². The summed E-state index contributed by atoms with van der Waals surface area (Å²) in [6.45, 7) is -0.421. The monoisotopic (exact) mass is 260 g/mol. The largest absolute Gasteiger partial charge is 0.508 e. The number of phenols is 1. The summed E-state index contributed by atoms with van der Waals surface area (Å²) in [5, 5.41) is 27.6. The first-order valence-corrected chi connectivity index (χ1v) is 5.54. The van der Waals surface area contributed by atoms with Crippen LogP contribution in [0, 0.1) is 0 Å². The second kappa shape index (κ2) is 5.41. The highest BCUT2D eigenvalue weighted by Gasteiger charge is 2.07. The normalized spacial score (nSPS) is 11.0. The van der Waals surface area contributed by atoms with Gasteiger partial charge in [-0.25, -0.2) is 0 Å². The molecule has 0 aliphatic heterocycles. The Labute approximate surface area is 108 Å². The maximum atomic E-state index is 11.4. The molecule has 1 aromatic carbocycles. The van der Waals surface area contributed by atoms with Crippen LogP contribution < -0.4 is 5.43 Å². The average Bonchev–Trinajstić information content (AvgIpc) is 2.42. The molecule has 0 aliphatic carbocycles. The Kier molecular flexibility index (Phi) is 3.68. The molecule has 0 spiro atoms. The molecule has 0 radical (unpaired) electrons. The molecule has 1 heterocycles. The smallest absolute Gasteiger partial charge is 0.227 e. The molecule has 0 aliphatic rings. The lowest BCUT2D eigenvalue weighted by Gasteiger charge is -2.01. The maximum Gasteiger partial charge on any atom is 0.227 e. The lowest BCUT2D eigenvalue weighted by molar-refractivity contribution is 0.240. The molecule has 0 amide bonds. The molecule has 0 atom stereocenters. The van der Waals surface area contributed by atoms with E-state index in [2.05, 4.69) is 0 Å². The zero-order valence-electron chi connectivity index (χ0n) is 9.91. The van der Waals surface area contributed by atoms with Gasteiger partial charge >= 0.3 is 0 Å². The van der Waals surface area contributed by atoms with Crippen molar-refractivity contribution in [2.75, 3.05) is 0 Å². The van der Waals surface area contributed by atoms with Crippen molar-refractivity contribution in [1.82, 2.24) is 0 Å². The number of hydrogen-bond donors (Lipinski definition) is 3. The summed E-state index contributed by atoms with van der Waals surface area (Å²) < 4.78 is 5.15. The summed E-state index contributed by atoms with van der Waals surface area (Å²) in [7, 11) is 0. The number of aromatic hydroxyl groups is 2. The van der Waals surface area contributed by atoms with Crippen LogP contribution in [0.3, 0.4) is 0 Å². The molecule has 19 heavy (non-hydrogen) atoms. The number of benzene rings is 1. The van der Waals surface area contributed by atoms with E-state index >= 15 is 0 Å². The third-order valence-electron chi connectivity index (χ3n) is 2.48. The van der Waals surface area contributed by atoms with E-state index in [0.717, 1.165) is 11.6 Å². The van der Waals surface area contributed by atoms with Gasteiger partial charge in [0.1, 0.15) is 18.1 Å². The third kappa shape index (κ3) is 3.02. The van der Waals surface area contributed by atoms with Gasteiger partial charge < -0.3 is 19.7 Å². The minimum atomic E-state index is -0.611. The van der Waals surface area contributed by atoms with Crippen molar-refractivity contribution in [2.24, 2.45) is 0 Å². The molecular formula is C14H12O5. The molecule has 2 rings (SSSR count). The van der Waals surface area contributed by atoms with E-state index in [1.165, 1.54) is 18.2 Å². The van der Waals surface area contributed by atoms with E-state index in [9.17, 15) is 9.90 Å². The van der Waals surface area contributed by atoms with Crippen LogP contribution in [0.4, 0.5) is 0 Å². The molecular weight excluding hydrogens is 248 g/mol. The number of phenolic OH excluding ortho intramolecular Hbond substituents is 1. The Morgan fingerprint density at radius 1 is 1.11 bits per heavy atom. The predicted octanol–water partition coefficient (Wildman–Crippen LogP) is 1.71. The summed E-state index contributed by atoms with van der Waals surface area (Å²) >= 11 is 0. The summed E-state index contributed by atoms with van der Waals surface area (Å²) in [6.07, 6.45) is 3.03. The van der Waals surface area contributed by atoms with E-state index in [0.29, 0.717) is 0 Å². The van der Waals surface area contributed by atoms with E-state index in [1.54, 1.807) is 18.2 Å². The first-order chi connectivity index (χ1) is 9.10. The fraction of sp³-hybridized carbons (Fsp3) is 0.0714. The zero-order valence-corrected chi connectivity index (χ0v) is 9.91. The highest BCUT2D eigenvalue weighted by atomic mass is 16.4. The number of hydrogen-bond acceptors (Lipinski definition) is 5. The standard InChI is InChI=1S/C14H12O5/c15-8-11-7-12(17)14(18)13(19-11)6-3-9-1-4-10(16)5-2-9/h1-7,15-16,18H,8H2/b6-3+. The molecule has 0 bridgehead atoms. The van der Waals surface area contributed by atoms with Crippen molar-refractivity contribution >= 4 is 12.2 Å². The van der Waals surface area contributed by atoms with Crippen LogP contribution in [0.5, 0.6) is 11.5 Å². The fourth-order valence-electron chi connectivity index (χ4n) is 1.50. The first-order valence-electron chi connectivity index (χ1n) is 5.54. The van der Waals surface area contributed by atoms with Crippen molar-refractivity contribution in [1.29, 1.82) is 0 Å². The van der Waals surface area contributed by atoms with Crippen LogP contribution >= 0.6 is 0 Å². The van der Waals surface area contributed by atoms with Gasteiger partial charge in [-0.3, -0.25) is 4.79 Å². The lowest BCUT2D eigenvalue weighted by Crippen LogP contribution is -2.02. The SMILES string of the molecule is O=c1cc(CO)oc(/C=C/c2ccc(O)cc2)c1O. The molecule has 1 aromatic heterocycles. The fourth-order valence-corrected chi connectivity index (χ4v) is 1.50. The van der Waals surface area contributed by atoms with Gasteiger partial charge in [0.05, 0.1) is 0 Å². The second-order valence-corrected chi connectivity index (χ2v) is 3.87. The Hall–Kier alpha value is -2.53.